The number of anilines is 1. The molecule has 0 spiro atoms. The lowest BCUT2D eigenvalue weighted by Crippen LogP contribution is -2.31. The zero-order chi connectivity index (χ0) is 18.1. The Kier molecular flexibility index (Phi) is 4.26. The lowest BCUT2D eigenvalue weighted by atomic mass is 10.1. The quantitative estimate of drug-likeness (QED) is 0.693. The van der Waals surface area contributed by atoms with Gasteiger partial charge in [0, 0.05) is 22.3 Å². The van der Waals surface area contributed by atoms with Crippen molar-refractivity contribution in [2.45, 2.75) is 19.6 Å². The first-order chi connectivity index (χ1) is 12.6. The number of Topliss-reactive ketones (excluding diaryl/α,β-unsaturated/α-hetero) is 1. The van der Waals surface area contributed by atoms with E-state index in [4.69, 9.17) is 0 Å². The molecule has 1 amide bonds. The summed E-state index contributed by atoms with van der Waals surface area (Å²) in [5.74, 6) is -0.0353. The van der Waals surface area contributed by atoms with Gasteiger partial charge >= 0.3 is 0 Å². The summed E-state index contributed by atoms with van der Waals surface area (Å²) in [7, 11) is 0. The molecule has 0 unspecified atom stereocenters. The number of benzene rings is 1. The number of nitrogens with one attached hydrogen (secondary N) is 1. The van der Waals surface area contributed by atoms with Crippen LogP contribution in [0, 0.1) is 0 Å². The number of carbonyl (C=O) groups is 2. The van der Waals surface area contributed by atoms with E-state index in [-0.39, 0.29) is 17.9 Å². The molecule has 1 aliphatic heterocycles. The fourth-order valence-electron chi connectivity index (χ4n) is 3.10. The molecule has 26 heavy (non-hydrogen) atoms. The molecule has 0 aliphatic carbocycles. The van der Waals surface area contributed by atoms with Crippen LogP contribution in [-0.4, -0.2) is 21.6 Å². The van der Waals surface area contributed by atoms with Crippen LogP contribution in [0.4, 0.5) is 5.69 Å². The van der Waals surface area contributed by atoms with Gasteiger partial charge in [0.25, 0.3) is 5.91 Å². The van der Waals surface area contributed by atoms with Crippen LogP contribution in [0.5, 0.6) is 0 Å². The summed E-state index contributed by atoms with van der Waals surface area (Å²) in [6.07, 6.45) is 1.32. The van der Waals surface area contributed by atoms with Crippen molar-refractivity contribution in [1.29, 1.82) is 0 Å². The molecule has 0 saturated carbocycles. The van der Waals surface area contributed by atoms with Gasteiger partial charge in [-0.15, -0.1) is 11.3 Å². The molecule has 3 aromatic rings. The number of pyridine rings is 1. The Morgan fingerprint density at radius 3 is 2.88 bits per heavy atom. The highest BCUT2D eigenvalue weighted by Gasteiger charge is 2.38. The minimum atomic E-state index is -0.372. The van der Waals surface area contributed by atoms with Crippen LogP contribution in [0.3, 0.4) is 0 Å². The van der Waals surface area contributed by atoms with Crippen LogP contribution in [-0.2, 0) is 6.54 Å². The smallest absolute Gasteiger partial charge is 0.258 e. The predicted octanol–water partition coefficient (Wildman–Crippen LogP) is 4.11. The maximum Gasteiger partial charge on any atom is 0.258 e. The molecule has 2 aromatic heterocycles. The number of fused-ring (bicyclic) bond motifs is 1. The molecule has 1 N–H and O–H groups in total. The highest BCUT2D eigenvalue weighted by atomic mass is 32.1. The van der Waals surface area contributed by atoms with Crippen molar-refractivity contribution in [1.82, 2.24) is 9.88 Å². The maximum absolute atomic E-state index is 12.9. The van der Waals surface area contributed by atoms with Gasteiger partial charge in [-0.25, -0.2) is 0 Å². The maximum atomic E-state index is 12.9. The third-order valence-electron chi connectivity index (χ3n) is 4.38. The van der Waals surface area contributed by atoms with Crippen LogP contribution >= 0.6 is 11.3 Å². The van der Waals surface area contributed by atoms with Gasteiger partial charge in [-0.1, -0.05) is 18.2 Å². The number of hydrogen-bond donors (Lipinski definition) is 1. The van der Waals surface area contributed by atoms with E-state index in [2.05, 4.69) is 10.3 Å². The Bertz CT molecular complexity index is 969. The van der Waals surface area contributed by atoms with Crippen LogP contribution in [0.25, 0.3) is 0 Å². The Balaban J connectivity index is 1.69. The summed E-state index contributed by atoms with van der Waals surface area (Å²) >= 11 is 1.62. The van der Waals surface area contributed by atoms with E-state index in [9.17, 15) is 9.59 Å². The molecule has 130 valence electrons. The fraction of sp³-hybridized carbons (Fsp3) is 0.150. The fourth-order valence-corrected chi connectivity index (χ4v) is 3.80. The lowest BCUT2D eigenvalue weighted by molar-refractivity contribution is 0.0729. The summed E-state index contributed by atoms with van der Waals surface area (Å²) in [5, 5.41) is 5.38. The zero-order valence-electron chi connectivity index (χ0n) is 14.2. The molecule has 0 fully saturated rings. The normalized spacial score (nSPS) is 15.8. The van der Waals surface area contributed by atoms with Gasteiger partial charge in [0.05, 0.1) is 17.8 Å². The number of carbonyl (C=O) groups excluding carboxylic acids is 2. The molecule has 1 aliphatic rings. The van der Waals surface area contributed by atoms with E-state index >= 15 is 0 Å². The summed E-state index contributed by atoms with van der Waals surface area (Å²) in [5.41, 5.74) is 2.74. The topological polar surface area (TPSA) is 62.3 Å². The van der Waals surface area contributed by atoms with Crippen molar-refractivity contribution >= 4 is 28.7 Å². The third-order valence-corrected chi connectivity index (χ3v) is 5.24. The average Bonchev–Trinajstić information content (AvgIpc) is 3.25. The zero-order valence-corrected chi connectivity index (χ0v) is 15.0. The Hall–Kier alpha value is -2.99. The molecule has 3 heterocycles. The Morgan fingerprint density at radius 1 is 1.23 bits per heavy atom. The minimum absolute atomic E-state index is 0.00474. The van der Waals surface area contributed by atoms with E-state index in [0.29, 0.717) is 23.4 Å². The summed E-state index contributed by atoms with van der Waals surface area (Å²) in [6, 6.07) is 14.9. The number of thiophene rings is 1. The minimum Gasteiger partial charge on any atom is -0.360 e. The van der Waals surface area contributed by atoms with E-state index in [0.717, 1.165) is 10.6 Å². The van der Waals surface area contributed by atoms with Crippen LogP contribution < -0.4 is 5.32 Å². The highest BCUT2D eigenvalue weighted by Crippen LogP contribution is 2.34. The van der Waals surface area contributed by atoms with Gasteiger partial charge in [0.15, 0.2) is 5.78 Å². The van der Waals surface area contributed by atoms with Crippen molar-refractivity contribution < 1.29 is 9.59 Å². The van der Waals surface area contributed by atoms with Crippen molar-refractivity contribution in [2.75, 3.05) is 5.32 Å². The van der Waals surface area contributed by atoms with E-state index in [1.807, 2.05) is 29.6 Å². The average molecular weight is 363 g/mol. The van der Waals surface area contributed by atoms with E-state index < -0.39 is 0 Å². The number of rotatable bonds is 5. The molecular weight excluding hydrogens is 346 g/mol. The van der Waals surface area contributed by atoms with Crippen LogP contribution in [0.15, 0.2) is 60.1 Å². The Morgan fingerprint density at radius 2 is 2.12 bits per heavy atom. The number of hydrogen-bond acceptors (Lipinski definition) is 5. The third kappa shape index (κ3) is 2.99. The lowest BCUT2D eigenvalue weighted by Gasteiger charge is -2.26. The largest absolute Gasteiger partial charge is 0.360 e. The van der Waals surface area contributed by atoms with Gasteiger partial charge in [-0.05, 0) is 42.6 Å². The van der Waals surface area contributed by atoms with Crippen molar-refractivity contribution in [3.63, 3.8) is 0 Å². The standard InChI is InChI=1S/C20H17N3O2S/c1-13(24)14-5-2-6-15(11-14)22-19-18-17(8-3-9-21-18)20(25)23(19)12-16-7-4-10-26-16/h2-11,19,22H,12H2,1H3/t19-/m0/s1. The van der Waals surface area contributed by atoms with Crippen molar-refractivity contribution in [3.05, 3.63) is 81.8 Å². The van der Waals surface area contributed by atoms with E-state index in [1.54, 1.807) is 46.7 Å². The highest BCUT2D eigenvalue weighted by molar-refractivity contribution is 7.09. The number of nitrogens with zero attached hydrogens (tertiary/aromatic N) is 2. The summed E-state index contributed by atoms with van der Waals surface area (Å²) in [6.45, 7) is 2.05. The number of amides is 1. The molecule has 5 nitrogen and oxygen atoms in total. The molecule has 6 heteroatoms. The van der Waals surface area contributed by atoms with Gasteiger partial charge in [0.2, 0.25) is 0 Å². The predicted molar refractivity (Wildman–Crippen MR) is 101 cm³/mol. The van der Waals surface area contributed by atoms with Crippen molar-refractivity contribution in [3.8, 4) is 0 Å². The van der Waals surface area contributed by atoms with Crippen molar-refractivity contribution in [2.24, 2.45) is 0 Å². The second-order valence-electron chi connectivity index (χ2n) is 6.13. The number of ketones is 1. The van der Waals surface area contributed by atoms with Crippen LogP contribution in [0.2, 0.25) is 0 Å². The van der Waals surface area contributed by atoms with Gasteiger partial charge in [0.1, 0.15) is 6.17 Å². The molecule has 1 aromatic carbocycles. The molecule has 0 bridgehead atoms. The number of aromatic nitrogens is 1. The first-order valence-electron chi connectivity index (χ1n) is 8.29. The van der Waals surface area contributed by atoms with Crippen LogP contribution in [0.1, 0.15) is 44.4 Å². The van der Waals surface area contributed by atoms with Gasteiger partial charge < -0.3 is 10.2 Å². The summed E-state index contributed by atoms with van der Waals surface area (Å²) in [4.78, 5) is 31.9. The van der Waals surface area contributed by atoms with Gasteiger partial charge in [-0.2, -0.15) is 0 Å². The first-order valence-corrected chi connectivity index (χ1v) is 9.17. The SMILES string of the molecule is CC(=O)c1cccc(N[C@@H]2c3ncccc3C(=O)N2Cc2cccs2)c1. The second-order valence-corrected chi connectivity index (χ2v) is 7.16. The Labute approximate surface area is 155 Å². The monoisotopic (exact) mass is 363 g/mol. The molecule has 0 radical (unpaired) electrons. The molecule has 4 rings (SSSR count). The molecule has 0 saturated heterocycles. The molecular formula is C20H17N3O2S. The second kappa shape index (κ2) is 6.72. The first kappa shape index (κ1) is 16.5. The van der Waals surface area contributed by atoms with E-state index in [1.165, 1.54) is 6.92 Å². The molecule has 1 atom stereocenters. The van der Waals surface area contributed by atoms with Gasteiger partial charge in [-0.3, -0.25) is 14.6 Å². The summed E-state index contributed by atoms with van der Waals surface area (Å²) < 4.78 is 0.